The average molecular weight is 210 g/mol. The van der Waals surface area contributed by atoms with Gasteiger partial charge in [-0.25, -0.2) is 9.13 Å². The average Bonchev–Trinajstić information content (AvgIpc) is 2.67. The van der Waals surface area contributed by atoms with E-state index in [4.69, 9.17) is 9.90 Å². The summed E-state index contributed by atoms with van der Waals surface area (Å²) in [6.45, 7) is 9.44. The quantitative estimate of drug-likeness (QED) is 0.524. The summed E-state index contributed by atoms with van der Waals surface area (Å²) in [4.78, 5) is 9.14. The van der Waals surface area contributed by atoms with Crippen LogP contribution < -0.4 is 9.67 Å². The number of carbonyl (C=O) groups is 1. The highest BCUT2D eigenvalue weighted by atomic mass is 16.4. The third kappa shape index (κ3) is 6.49. The molecule has 0 radical (unpaired) electrons. The number of imidazole rings is 1. The van der Waals surface area contributed by atoms with Crippen molar-refractivity contribution in [2.24, 2.45) is 0 Å². The Hall–Kier alpha value is -1.58. The van der Waals surface area contributed by atoms with E-state index in [1.807, 2.05) is 0 Å². The zero-order valence-corrected chi connectivity index (χ0v) is 9.35. The van der Waals surface area contributed by atoms with E-state index in [0.29, 0.717) is 0 Å². The molecule has 0 spiro atoms. The smallest absolute Gasteiger partial charge is 0.243 e. The van der Waals surface area contributed by atoms with E-state index in [1.165, 1.54) is 6.42 Å². The molecule has 4 nitrogen and oxygen atoms in total. The van der Waals surface area contributed by atoms with Gasteiger partial charge in [-0.2, -0.15) is 0 Å². The lowest BCUT2D eigenvalue weighted by Crippen LogP contribution is -2.30. The molecular formula is C11H18N2O2. The van der Waals surface area contributed by atoms with E-state index in [2.05, 4.69) is 48.3 Å². The number of aromatic nitrogens is 2. The number of aliphatic carboxylic acids is 1. The van der Waals surface area contributed by atoms with Crippen LogP contribution in [0.2, 0.25) is 0 Å². The molecule has 0 fully saturated rings. The zero-order chi connectivity index (χ0) is 11.7. The Balaban J connectivity index is 0.000000336. The molecule has 0 N–H and O–H groups in total. The Kier molecular flexibility index (Phi) is 6.97. The van der Waals surface area contributed by atoms with Gasteiger partial charge in [0, 0.05) is 0 Å². The summed E-state index contributed by atoms with van der Waals surface area (Å²) in [6, 6.07) is 0. The van der Waals surface area contributed by atoms with Gasteiger partial charge in [-0.05, 0) is 19.4 Å². The van der Waals surface area contributed by atoms with Crippen molar-refractivity contribution in [1.29, 1.82) is 0 Å². The van der Waals surface area contributed by atoms with Crippen molar-refractivity contribution < 1.29 is 14.5 Å². The second-order valence-electron chi connectivity index (χ2n) is 3.01. The minimum Gasteiger partial charge on any atom is -0.545 e. The van der Waals surface area contributed by atoms with E-state index in [9.17, 15) is 0 Å². The van der Waals surface area contributed by atoms with Crippen LogP contribution in [0.4, 0.5) is 0 Å². The number of aryl methyl sites for hydroxylation is 2. The molecule has 0 bridgehead atoms. The fourth-order valence-corrected chi connectivity index (χ4v) is 1.02. The van der Waals surface area contributed by atoms with Crippen molar-refractivity contribution in [2.75, 3.05) is 0 Å². The maximum atomic E-state index is 9.14. The SMILES string of the molecule is C=CC(=O)[O-].CCC[n+]1ccn(CC)c1. The monoisotopic (exact) mass is 210 g/mol. The van der Waals surface area contributed by atoms with Crippen molar-refractivity contribution >= 4 is 5.97 Å². The summed E-state index contributed by atoms with van der Waals surface area (Å²) < 4.78 is 4.39. The van der Waals surface area contributed by atoms with Gasteiger partial charge < -0.3 is 9.90 Å². The predicted molar refractivity (Wildman–Crippen MR) is 55.8 cm³/mol. The van der Waals surface area contributed by atoms with Gasteiger partial charge in [-0.15, -0.1) is 0 Å². The third-order valence-electron chi connectivity index (χ3n) is 1.76. The fraction of sp³-hybridized carbons (Fsp3) is 0.455. The number of rotatable bonds is 4. The highest BCUT2D eigenvalue weighted by Gasteiger charge is 1.97. The standard InChI is InChI=1S/C8H15N2.C3H4O2/c1-3-5-10-7-6-9(4-2)8-10;1-2-3(4)5/h6-8H,3-5H2,1-2H3;2H,1H2,(H,4,5)/q+1;/p-1. The number of hydrogen-bond acceptors (Lipinski definition) is 2. The van der Waals surface area contributed by atoms with Crippen molar-refractivity contribution in [1.82, 2.24) is 4.57 Å². The topological polar surface area (TPSA) is 48.9 Å². The molecule has 0 aromatic carbocycles. The lowest BCUT2D eigenvalue weighted by molar-refractivity contribution is -0.696. The summed E-state index contributed by atoms with van der Waals surface area (Å²) in [5.74, 6) is -1.23. The largest absolute Gasteiger partial charge is 0.545 e. The minimum absolute atomic E-state index is 0.722. The van der Waals surface area contributed by atoms with Crippen molar-refractivity contribution in [3.8, 4) is 0 Å². The van der Waals surface area contributed by atoms with Crippen molar-refractivity contribution in [2.45, 2.75) is 33.4 Å². The molecule has 1 aromatic heterocycles. The normalized spacial score (nSPS) is 8.93. The van der Waals surface area contributed by atoms with E-state index < -0.39 is 5.97 Å². The van der Waals surface area contributed by atoms with Gasteiger partial charge in [-0.3, -0.25) is 0 Å². The fourth-order valence-electron chi connectivity index (χ4n) is 1.02. The first kappa shape index (κ1) is 13.4. The zero-order valence-electron chi connectivity index (χ0n) is 9.35. The third-order valence-corrected chi connectivity index (χ3v) is 1.76. The van der Waals surface area contributed by atoms with E-state index >= 15 is 0 Å². The molecule has 1 rings (SSSR count). The first-order valence-electron chi connectivity index (χ1n) is 5.02. The number of carbonyl (C=O) groups excluding carboxylic acids is 1. The lowest BCUT2D eigenvalue weighted by atomic mass is 10.5. The van der Waals surface area contributed by atoms with Crippen LogP contribution in [0, 0.1) is 0 Å². The molecule has 84 valence electrons. The molecule has 4 heteroatoms. The molecule has 0 amide bonds. The number of nitrogens with zero attached hydrogens (tertiary/aromatic N) is 2. The summed E-state index contributed by atoms with van der Waals surface area (Å²) >= 11 is 0. The maximum Gasteiger partial charge on any atom is 0.243 e. The second kappa shape index (κ2) is 7.79. The van der Waals surface area contributed by atoms with Gasteiger partial charge in [-0.1, -0.05) is 13.5 Å². The molecule has 0 unspecified atom stereocenters. The predicted octanol–water partition coefficient (Wildman–Crippen LogP) is 0.128. The first-order valence-corrected chi connectivity index (χ1v) is 5.02. The maximum absolute atomic E-state index is 9.14. The summed E-state index contributed by atoms with van der Waals surface area (Å²) in [6.07, 6.45) is 8.30. The Bertz CT molecular complexity index is 305. The van der Waals surface area contributed by atoms with Gasteiger partial charge in [0.25, 0.3) is 0 Å². The minimum atomic E-state index is -1.23. The van der Waals surface area contributed by atoms with Crippen LogP contribution in [0.5, 0.6) is 0 Å². The number of hydrogen-bond donors (Lipinski definition) is 0. The Morgan fingerprint density at radius 3 is 2.53 bits per heavy atom. The van der Waals surface area contributed by atoms with Crippen LogP contribution in [0.1, 0.15) is 20.3 Å². The summed E-state index contributed by atoms with van der Waals surface area (Å²) in [5.41, 5.74) is 0. The first-order chi connectivity index (χ1) is 7.13. The van der Waals surface area contributed by atoms with Crippen LogP contribution in [-0.2, 0) is 17.9 Å². The molecular weight excluding hydrogens is 192 g/mol. The van der Waals surface area contributed by atoms with Gasteiger partial charge in [0.15, 0.2) is 0 Å². The number of carboxylic acids is 1. The van der Waals surface area contributed by atoms with Crippen LogP contribution in [0.25, 0.3) is 0 Å². The van der Waals surface area contributed by atoms with E-state index in [0.717, 1.165) is 19.2 Å². The van der Waals surface area contributed by atoms with E-state index in [-0.39, 0.29) is 0 Å². The van der Waals surface area contributed by atoms with Crippen LogP contribution in [0.3, 0.4) is 0 Å². The lowest BCUT2D eigenvalue weighted by Gasteiger charge is -1.88. The van der Waals surface area contributed by atoms with Gasteiger partial charge in [0.05, 0.1) is 19.1 Å². The molecule has 0 saturated heterocycles. The Labute approximate surface area is 90.5 Å². The van der Waals surface area contributed by atoms with Crippen molar-refractivity contribution in [3.05, 3.63) is 31.4 Å². The molecule has 0 aliphatic heterocycles. The molecule has 1 heterocycles. The summed E-state index contributed by atoms with van der Waals surface area (Å²) in [7, 11) is 0. The highest BCUT2D eigenvalue weighted by molar-refractivity contribution is 5.76. The van der Waals surface area contributed by atoms with Gasteiger partial charge >= 0.3 is 0 Å². The Morgan fingerprint density at radius 1 is 1.60 bits per heavy atom. The molecule has 15 heavy (non-hydrogen) atoms. The van der Waals surface area contributed by atoms with Gasteiger partial charge in [0.2, 0.25) is 6.33 Å². The molecule has 0 aliphatic rings. The van der Waals surface area contributed by atoms with Crippen LogP contribution in [-0.4, -0.2) is 10.5 Å². The molecule has 0 aliphatic carbocycles. The van der Waals surface area contributed by atoms with Crippen LogP contribution >= 0.6 is 0 Å². The van der Waals surface area contributed by atoms with Crippen molar-refractivity contribution in [3.63, 3.8) is 0 Å². The van der Waals surface area contributed by atoms with Gasteiger partial charge in [0.1, 0.15) is 12.4 Å². The number of carboxylic acid groups (broad SMARTS) is 1. The summed E-state index contributed by atoms with van der Waals surface area (Å²) in [5, 5.41) is 9.14. The highest BCUT2D eigenvalue weighted by Crippen LogP contribution is 1.83. The molecule has 0 atom stereocenters. The van der Waals surface area contributed by atoms with Crippen LogP contribution in [0.15, 0.2) is 31.4 Å². The Morgan fingerprint density at radius 2 is 2.20 bits per heavy atom. The van der Waals surface area contributed by atoms with E-state index in [1.54, 1.807) is 0 Å². The molecule has 1 aromatic rings. The second-order valence-corrected chi connectivity index (χ2v) is 3.01. The molecule has 0 saturated carbocycles.